The van der Waals surface area contributed by atoms with Crippen LogP contribution in [0.5, 0.6) is 0 Å². The molecule has 0 saturated carbocycles. The van der Waals surface area contributed by atoms with Gasteiger partial charge in [-0.2, -0.15) is 0 Å². The normalized spacial score (nSPS) is 10.8. The predicted octanol–water partition coefficient (Wildman–Crippen LogP) is 4.05. The fourth-order valence-electron chi connectivity index (χ4n) is 2.38. The molecule has 1 N–H and O–H groups in total. The molecule has 0 aliphatic carbocycles. The van der Waals surface area contributed by atoms with Crippen LogP contribution in [0, 0.1) is 12.7 Å². The van der Waals surface area contributed by atoms with Crippen molar-refractivity contribution in [3.63, 3.8) is 0 Å². The van der Waals surface area contributed by atoms with Crippen molar-refractivity contribution >= 4 is 16.9 Å². The number of fused-ring (bicyclic) bond motifs is 1. The van der Waals surface area contributed by atoms with Crippen molar-refractivity contribution in [2.45, 2.75) is 6.92 Å². The molecule has 1 heterocycles. The fourth-order valence-corrected chi connectivity index (χ4v) is 2.38. The maximum Gasteiger partial charge on any atom is 0.336 e. The summed E-state index contributed by atoms with van der Waals surface area (Å²) in [4.78, 5) is 15.9. The summed E-state index contributed by atoms with van der Waals surface area (Å²) in [7, 11) is 0. The zero-order valence-electron chi connectivity index (χ0n) is 11.3. The monoisotopic (exact) mass is 281 g/mol. The first-order chi connectivity index (χ1) is 10.1. The molecule has 21 heavy (non-hydrogen) atoms. The number of halogens is 1. The minimum absolute atomic E-state index is 0.123. The van der Waals surface area contributed by atoms with Crippen LogP contribution in [0.15, 0.2) is 48.5 Å². The zero-order valence-corrected chi connectivity index (χ0v) is 11.3. The van der Waals surface area contributed by atoms with Gasteiger partial charge < -0.3 is 5.11 Å². The maximum absolute atomic E-state index is 13.4. The Hall–Kier alpha value is -2.75. The summed E-state index contributed by atoms with van der Waals surface area (Å²) in [5.74, 6) is -1.49. The van der Waals surface area contributed by atoms with E-state index >= 15 is 0 Å². The maximum atomic E-state index is 13.4. The summed E-state index contributed by atoms with van der Waals surface area (Å²) in [6.07, 6.45) is 0. The Morgan fingerprint density at radius 1 is 1.14 bits per heavy atom. The number of aromatic carboxylic acids is 1. The Morgan fingerprint density at radius 2 is 1.90 bits per heavy atom. The average molecular weight is 281 g/mol. The van der Waals surface area contributed by atoms with Crippen LogP contribution >= 0.6 is 0 Å². The van der Waals surface area contributed by atoms with E-state index in [9.17, 15) is 14.3 Å². The van der Waals surface area contributed by atoms with Gasteiger partial charge in [-0.15, -0.1) is 0 Å². The first-order valence-corrected chi connectivity index (χ1v) is 6.46. The van der Waals surface area contributed by atoms with Crippen molar-refractivity contribution in [1.29, 1.82) is 0 Å². The molecule has 4 heteroatoms. The lowest BCUT2D eigenvalue weighted by molar-refractivity contribution is 0.0699. The van der Waals surface area contributed by atoms with Crippen LogP contribution in [0.4, 0.5) is 4.39 Å². The van der Waals surface area contributed by atoms with Gasteiger partial charge in [0.15, 0.2) is 0 Å². The molecule has 104 valence electrons. The van der Waals surface area contributed by atoms with E-state index in [2.05, 4.69) is 4.98 Å². The molecule has 0 spiro atoms. The van der Waals surface area contributed by atoms with Crippen molar-refractivity contribution < 1.29 is 14.3 Å². The first kappa shape index (κ1) is 13.2. The highest BCUT2D eigenvalue weighted by atomic mass is 19.1. The Kier molecular flexibility index (Phi) is 3.14. The number of aromatic nitrogens is 1. The lowest BCUT2D eigenvalue weighted by atomic mass is 10.0. The summed E-state index contributed by atoms with van der Waals surface area (Å²) < 4.78 is 13.4. The molecule has 0 unspecified atom stereocenters. The second-order valence-electron chi connectivity index (χ2n) is 4.84. The van der Waals surface area contributed by atoms with Crippen LogP contribution < -0.4 is 0 Å². The van der Waals surface area contributed by atoms with Gasteiger partial charge in [0.1, 0.15) is 5.82 Å². The molecule has 0 radical (unpaired) electrons. The van der Waals surface area contributed by atoms with Gasteiger partial charge >= 0.3 is 5.97 Å². The smallest absolute Gasteiger partial charge is 0.336 e. The lowest BCUT2D eigenvalue weighted by Gasteiger charge is -2.09. The quantitative estimate of drug-likeness (QED) is 0.771. The molecule has 0 saturated heterocycles. The van der Waals surface area contributed by atoms with Gasteiger partial charge in [-0.05, 0) is 30.7 Å². The molecule has 0 aliphatic heterocycles. The Bertz CT molecular complexity index is 859. The van der Waals surface area contributed by atoms with Crippen molar-refractivity contribution in [2.24, 2.45) is 0 Å². The molecule has 3 rings (SSSR count). The zero-order chi connectivity index (χ0) is 15.0. The van der Waals surface area contributed by atoms with Crippen LogP contribution in [-0.4, -0.2) is 16.1 Å². The third-order valence-electron chi connectivity index (χ3n) is 3.42. The van der Waals surface area contributed by atoms with Gasteiger partial charge in [-0.25, -0.2) is 14.2 Å². The van der Waals surface area contributed by atoms with Crippen molar-refractivity contribution in [3.8, 4) is 11.3 Å². The van der Waals surface area contributed by atoms with Gasteiger partial charge in [-0.1, -0.05) is 24.3 Å². The molecular formula is C17H12FNO2. The molecular weight excluding hydrogens is 269 g/mol. The third kappa shape index (κ3) is 2.36. The molecule has 3 nitrogen and oxygen atoms in total. The van der Waals surface area contributed by atoms with Crippen LogP contribution in [0.25, 0.3) is 22.2 Å². The number of hydrogen-bond acceptors (Lipinski definition) is 2. The highest BCUT2D eigenvalue weighted by Crippen LogP contribution is 2.27. The van der Waals surface area contributed by atoms with Crippen molar-refractivity contribution in [2.75, 3.05) is 0 Å². The molecule has 0 atom stereocenters. The molecule has 0 bridgehead atoms. The standard InChI is InChI=1S/C17H12FNO2/c1-10-4-2-3-5-12(10)16-9-14(17(20)21)13-7-6-11(18)8-15(13)19-16/h2-9H,1H3,(H,20,21). The highest BCUT2D eigenvalue weighted by molar-refractivity contribution is 6.03. The van der Waals surface area contributed by atoms with Crippen molar-refractivity contribution in [1.82, 2.24) is 4.98 Å². The van der Waals surface area contributed by atoms with Gasteiger partial charge in [0.2, 0.25) is 0 Å². The van der Waals surface area contributed by atoms with Crippen LogP contribution in [0.1, 0.15) is 15.9 Å². The molecule has 0 amide bonds. The second-order valence-corrected chi connectivity index (χ2v) is 4.84. The number of carboxylic acid groups (broad SMARTS) is 1. The average Bonchev–Trinajstić information content (AvgIpc) is 2.46. The minimum Gasteiger partial charge on any atom is -0.478 e. The molecule has 0 fully saturated rings. The van der Waals surface area contributed by atoms with E-state index in [1.807, 2.05) is 31.2 Å². The number of benzene rings is 2. The molecule has 1 aromatic heterocycles. The van der Waals surface area contributed by atoms with E-state index in [4.69, 9.17) is 0 Å². The van der Waals surface area contributed by atoms with E-state index < -0.39 is 11.8 Å². The summed E-state index contributed by atoms with van der Waals surface area (Å²) >= 11 is 0. The number of nitrogens with zero attached hydrogens (tertiary/aromatic N) is 1. The summed E-state index contributed by atoms with van der Waals surface area (Å²) in [6, 6.07) is 13.0. The fraction of sp³-hybridized carbons (Fsp3) is 0.0588. The molecule has 2 aromatic carbocycles. The summed E-state index contributed by atoms with van der Waals surface area (Å²) in [5, 5.41) is 9.80. The number of hydrogen-bond donors (Lipinski definition) is 1. The van der Waals surface area contributed by atoms with Gasteiger partial charge in [0.25, 0.3) is 0 Å². The van der Waals surface area contributed by atoms with E-state index in [0.717, 1.165) is 11.1 Å². The summed E-state index contributed by atoms with van der Waals surface area (Å²) in [6.45, 7) is 1.92. The highest BCUT2D eigenvalue weighted by Gasteiger charge is 2.14. The van der Waals surface area contributed by atoms with Crippen LogP contribution in [0.3, 0.4) is 0 Å². The number of rotatable bonds is 2. The van der Waals surface area contributed by atoms with Gasteiger partial charge in [0.05, 0.1) is 16.8 Å². The number of aryl methyl sites for hydroxylation is 1. The minimum atomic E-state index is -1.05. The lowest BCUT2D eigenvalue weighted by Crippen LogP contribution is -2.01. The third-order valence-corrected chi connectivity index (χ3v) is 3.42. The van der Waals surface area contributed by atoms with Crippen LogP contribution in [0.2, 0.25) is 0 Å². The SMILES string of the molecule is Cc1ccccc1-c1cc(C(=O)O)c2ccc(F)cc2n1. The van der Waals surface area contributed by atoms with E-state index in [0.29, 0.717) is 16.6 Å². The van der Waals surface area contributed by atoms with Gasteiger partial charge in [0, 0.05) is 17.0 Å². The largest absolute Gasteiger partial charge is 0.478 e. The van der Waals surface area contributed by atoms with Crippen molar-refractivity contribution in [3.05, 3.63) is 65.5 Å². The Labute approximate surface area is 120 Å². The van der Waals surface area contributed by atoms with E-state index in [-0.39, 0.29) is 5.56 Å². The van der Waals surface area contributed by atoms with Crippen LogP contribution in [-0.2, 0) is 0 Å². The van der Waals surface area contributed by atoms with Gasteiger partial charge in [-0.3, -0.25) is 0 Å². The van der Waals surface area contributed by atoms with E-state index in [1.54, 1.807) is 0 Å². The summed E-state index contributed by atoms with van der Waals surface area (Å²) in [5.41, 5.74) is 2.82. The molecule has 0 aliphatic rings. The Morgan fingerprint density at radius 3 is 2.62 bits per heavy atom. The number of carbonyl (C=O) groups is 1. The topological polar surface area (TPSA) is 50.2 Å². The Balaban J connectivity index is 2.35. The predicted molar refractivity (Wildman–Crippen MR) is 78.8 cm³/mol. The first-order valence-electron chi connectivity index (χ1n) is 6.46. The number of pyridine rings is 1. The second kappa shape index (κ2) is 4.98. The number of carboxylic acids is 1. The van der Waals surface area contributed by atoms with E-state index in [1.165, 1.54) is 24.3 Å². The molecule has 3 aromatic rings.